The number of anilines is 1. The number of carbonyl (C=O) groups excluding carboxylic acids is 4. The molecule has 1 aliphatic heterocycles. The topological polar surface area (TPSA) is 89.5 Å². The Morgan fingerprint density at radius 2 is 1.59 bits per heavy atom. The lowest BCUT2D eigenvalue weighted by Gasteiger charge is -2.25. The number of esters is 1. The van der Waals surface area contributed by atoms with Gasteiger partial charge in [0, 0.05) is 11.3 Å². The van der Waals surface area contributed by atoms with Crippen LogP contribution in [0.1, 0.15) is 59.5 Å². The van der Waals surface area contributed by atoms with Crippen LogP contribution in [-0.2, 0) is 24.5 Å². The second-order valence-electron chi connectivity index (χ2n) is 10.1. The van der Waals surface area contributed by atoms with Crippen molar-refractivity contribution in [2.24, 2.45) is 5.92 Å². The summed E-state index contributed by atoms with van der Waals surface area (Å²) in [6.45, 7) is 7.87. The number of amides is 1. The zero-order valence-electron chi connectivity index (χ0n) is 21.3. The molecule has 1 N–H and O–H groups in total. The Hall–Kier alpha value is -4.32. The first kappa shape index (κ1) is 25.8. The molecule has 0 saturated heterocycles. The Bertz CT molecular complexity index is 1400. The number of para-hydroxylation sites is 1. The van der Waals surface area contributed by atoms with E-state index in [-0.39, 0.29) is 11.0 Å². The van der Waals surface area contributed by atoms with Gasteiger partial charge in [-0.25, -0.2) is 4.79 Å². The molecule has 0 radical (unpaired) electrons. The van der Waals surface area contributed by atoms with Crippen LogP contribution in [0.25, 0.3) is 6.08 Å². The summed E-state index contributed by atoms with van der Waals surface area (Å²) in [4.78, 5) is 52.9. The number of hydrogen-bond acceptors (Lipinski definition) is 5. The number of carbonyl (C=O) groups is 4. The van der Waals surface area contributed by atoms with Gasteiger partial charge < -0.3 is 10.1 Å². The molecule has 37 heavy (non-hydrogen) atoms. The molecule has 3 aromatic carbocycles. The summed E-state index contributed by atoms with van der Waals surface area (Å²) in [5.41, 5.74) is 3.32. The van der Waals surface area contributed by atoms with Crippen LogP contribution >= 0.6 is 0 Å². The van der Waals surface area contributed by atoms with E-state index < -0.39 is 35.5 Å². The standard InChI is InChI=1S/C31H29NO5/c1-19-11-10-16-23(31(2,3)4)26(19)32-29(35)27(34)25(24(33)18-17-20-12-6-5-7-13-20)28-21-14-8-9-15-22(21)30(36)37-28/h5-18,25,28H,1-4H3,(H,32,35)/b18-17-. The normalized spacial score (nSPS) is 15.7. The van der Waals surface area contributed by atoms with Gasteiger partial charge in [-0.05, 0) is 41.2 Å². The molecule has 188 valence electrons. The fourth-order valence-electron chi connectivity index (χ4n) is 4.46. The SMILES string of the molecule is Cc1cccc(C(C)(C)C)c1NC(=O)C(=O)C(C(=O)/C=C\c1ccccc1)C1OC(=O)c2ccccc21. The van der Waals surface area contributed by atoms with Crippen LogP contribution in [0.4, 0.5) is 5.69 Å². The van der Waals surface area contributed by atoms with Gasteiger partial charge in [-0.15, -0.1) is 0 Å². The molecular weight excluding hydrogens is 466 g/mol. The summed E-state index contributed by atoms with van der Waals surface area (Å²) in [5, 5.41) is 2.75. The van der Waals surface area contributed by atoms with Crippen molar-refractivity contribution in [3.8, 4) is 0 Å². The van der Waals surface area contributed by atoms with Gasteiger partial charge in [-0.2, -0.15) is 0 Å². The fourth-order valence-corrected chi connectivity index (χ4v) is 4.46. The van der Waals surface area contributed by atoms with Crippen LogP contribution in [0.2, 0.25) is 0 Å². The molecule has 0 bridgehead atoms. The highest BCUT2D eigenvalue weighted by Crippen LogP contribution is 2.38. The summed E-state index contributed by atoms with van der Waals surface area (Å²) in [6, 6.07) is 21.3. The lowest BCUT2D eigenvalue weighted by Crippen LogP contribution is -2.38. The molecular formula is C31H29NO5. The monoisotopic (exact) mass is 495 g/mol. The minimum absolute atomic E-state index is 0.277. The quantitative estimate of drug-likeness (QED) is 0.199. The van der Waals surface area contributed by atoms with E-state index in [4.69, 9.17) is 4.74 Å². The van der Waals surface area contributed by atoms with Crippen LogP contribution in [0, 0.1) is 12.8 Å². The highest BCUT2D eigenvalue weighted by Gasteiger charge is 2.45. The van der Waals surface area contributed by atoms with Crippen molar-refractivity contribution < 1.29 is 23.9 Å². The summed E-state index contributed by atoms with van der Waals surface area (Å²) in [5.74, 6) is -4.70. The Kier molecular flexibility index (Phi) is 7.21. The number of aryl methyl sites for hydroxylation is 1. The van der Waals surface area contributed by atoms with Gasteiger partial charge in [-0.3, -0.25) is 14.4 Å². The number of benzene rings is 3. The second kappa shape index (κ2) is 10.3. The average molecular weight is 496 g/mol. The van der Waals surface area contributed by atoms with Crippen molar-refractivity contribution in [1.82, 2.24) is 0 Å². The summed E-state index contributed by atoms with van der Waals surface area (Å²) in [6.07, 6.45) is 1.63. The van der Waals surface area contributed by atoms with Crippen molar-refractivity contribution in [3.63, 3.8) is 0 Å². The number of fused-ring (bicyclic) bond motifs is 1. The van der Waals surface area contributed by atoms with Crippen molar-refractivity contribution in [1.29, 1.82) is 0 Å². The van der Waals surface area contributed by atoms with Gasteiger partial charge in [0.1, 0.15) is 12.0 Å². The number of allylic oxidation sites excluding steroid dienone is 1. The Morgan fingerprint density at radius 3 is 2.30 bits per heavy atom. The fraction of sp³-hybridized carbons (Fsp3) is 0.226. The minimum atomic E-state index is -1.53. The maximum atomic E-state index is 13.6. The number of rotatable bonds is 7. The van der Waals surface area contributed by atoms with Crippen molar-refractivity contribution in [3.05, 3.63) is 107 Å². The number of ether oxygens (including phenoxy) is 1. The molecule has 6 nitrogen and oxygen atoms in total. The van der Waals surface area contributed by atoms with E-state index in [1.165, 1.54) is 6.08 Å². The molecule has 3 aromatic rings. The second-order valence-corrected chi connectivity index (χ2v) is 10.1. The van der Waals surface area contributed by atoms with E-state index in [9.17, 15) is 19.2 Å². The molecule has 0 aromatic heterocycles. The van der Waals surface area contributed by atoms with E-state index in [0.717, 1.165) is 16.7 Å². The van der Waals surface area contributed by atoms with E-state index in [1.54, 1.807) is 30.3 Å². The Labute approximate surface area is 216 Å². The lowest BCUT2D eigenvalue weighted by molar-refractivity contribution is -0.143. The zero-order chi connectivity index (χ0) is 26.7. The molecule has 0 fully saturated rings. The smallest absolute Gasteiger partial charge is 0.339 e. The predicted octanol–water partition coefficient (Wildman–Crippen LogP) is 5.61. The molecule has 0 aliphatic carbocycles. The van der Waals surface area contributed by atoms with E-state index >= 15 is 0 Å². The highest BCUT2D eigenvalue weighted by molar-refractivity contribution is 6.45. The molecule has 2 unspecified atom stereocenters. The number of nitrogens with one attached hydrogen (secondary N) is 1. The molecule has 1 amide bonds. The van der Waals surface area contributed by atoms with Crippen LogP contribution in [0.5, 0.6) is 0 Å². The number of Topliss-reactive ketones (excluding diaryl/α,β-unsaturated/α-hetero) is 1. The van der Waals surface area contributed by atoms with E-state index in [2.05, 4.69) is 5.32 Å². The molecule has 6 heteroatoms. The third kappa shape index (κ3) is 5.43. The largest absolute Gasteiger partial charge is 0.453 e. The molecule has 0 saturated carbocycles. The molecule has 4 rings (SSSR count). The maximum Gasteiger partial charge on any atom is 0.339 e. The van der Waals surface area contributed by atoms with Crippen LogP contribution in [0.15, 0.2) is 78.9 Å². The highest BCUT2D eigenvalue weighted by atomic mass is 16.5. The third-order valence-electron chi connectivity index (χ3n) is 6.40. The lowest BCUT2D eigenvalue weighted by atomic mass is 9.84. The first-order chi connectivity index (χ1) is 17.6. The first-order valence-electron chi connectivity index (χ1n) is 12.1. The Balaban J connectivity index is 1.70. The summed E-state index contributed by atoms with van der Waals surface area (Å²) < 4.78 is 5.50. The maximum absolute atomic E-state index is 13.6. The van der Waals surface area contributed by atoms with Gasteiger partial charge in [0.05, 0.1) is 5.56 Å². The van der Waals surface area contributed by atoms with Gasteiger partial charge in [0.15, 0.2) is 5.78 Å². The van der Waals surface area contributed by atoms with Gasteiger partial charge in [0.25, 0.3) is 5.91 Å². The van der Waals surface area contributed by atoms with E-state index in [1.807, 2.05) is 76.2 Å². The van der Waals surface area contributed by atoms with Crippen LogP contribution < -0.4 is 5.32 Å². The number of ketones is 2. The van der Waals surface area contributed by atoms with Crippen LogP contribution in [0.3, 0.4) is 0 Å². The summed E-state index contributed by atoms with van der Waals surface area (Å²) >= 11 is 0. The van der Waals surface area contributed by atoms with Crippen molar-refractivity contribution >= 4 is 35.2 Å². The molecule has 0 spiro atoms. The van der Waals surface area contributed by atoms with Gasteiger partial charge in [0.2, 0.25) is 5.78 Å². The van der Waals surface area contributed by atoms with Gasteiger partial charge >= 0.3 is 5.97 Å². The first-order valence-corrected chi connectivity index (χ1v) is 12.1. The number of cyclic esters (lactones) is 1. The summed E-state index contributed by atoms with van der Waals surface area (Å²) in [7, 11) is 0. The molecule has 1 aliphatic rings. The molecule has 1 heterocycles. The van der Waals surface area contributed by atoms with Crippen molar-refractivity contribution in [2.75, 3.05) is 5.32 Å². The minimum Gasteiger partial charge on any atom is -0.453 e. The molecule has 2 atom stereocenters. The predicted molar refractivity (Wildman–Crippen MR) is 142 cm³/mol. The third-order valence-corrected chi connectivity index (χ3v) is 6.40. The van der Waals surface area contributed by atoms with Crippen molar-refractivity contribution in [2.45, 2.75) is 39.2 Å². The number of hydrogen-bond donors (Lipinski definition) is 1. The van der Waals surface area contributed by atoms with Crippen LogP contribution in [-0.4, -0.2) is 23.4 Å². The average Bonchev–Trinajstić information content (AvgIpc) is 3.20. The zero-order valence-corrected chi connectivity index (χ0v) is 21.3. The van der Waals surface area contributed by atoms with Gasteiger partial charge in [-0.1, -0.05) is 93.6 Å². The Morgan fingerprint density at radius 1 is 0.919 bits per heavy atom. The van der Waals surface area contributed by atoms with E-state index in [0.29, 0.717) is 11.3 Å².